The number of alkyl halides is 1. The number of amides is 2. The third-order valence-corrected chi connectivity index (χ3v) is 7.94. The van der Waals surface area contributed by atoms with E-state index in [0.717, 1.165) is 16.7 Å². The summed E-state index contributed by atoms with van der Waals surface area (Å²) in [6.45, 7) is 0. The van der Waals surface area contributed by atoms with Crippen molar-refractivity contribution in [3.63, 3.8) is 0 Å². The Bertz CT molecular complexity index is 1300. The van der Waals surface area contributed by atoms with Crippen LogP contribution in [-0.4, -0.2) is 45.9 Å². The summed E-state index contributed by atoms with van der Waals surface area (Å²) < 4.78 is 11.4. The van der Waals surface area contributed by atoms with Crippen LogP contribution in [0, 0.1) is 0 Å². The Hall–Kier alpha value is -3.75. The first-order chi connectivity index (χ1) is 18.5. The van der Waals surface area contributed by atoms with Gasteiger partial charge in [-0.25, -0.2) is 4.79 Å². The molecule has 0 saturated carbocycles. The summed E-state index contributed by atoms with van der Waals surface area (Å²) in [5.41, 5.74) is 3.01. The Morgan fingerprint density at radius 3 is 2.11 bits per heavy atom. The van der Waals surface area contributed by atoms with E-state index in [4.69, 9.17) is 21.1 Å². The molecular formula is C29H25ClN2O5S. The lowest BCUT2D eigenvalue weighted by atomic mass is 10.0. The van der Waals surface area contributed by atoms with Crippen LogP contribution in [0.1, 0.15) is 22.8 Å². The van der Waals surface area contributed by atoms with E-state index in [1.54, 1.807) is 0 Å². The summed E-state index contributed by atoms with van der Waals surface area (Å²) in [6.07, 6.45) is -1.48. The van der Waals surface area contributed by atoms with Gasteiger partial charge < -0.3 is 14.8 Å². The van der Waals surface area contributed by atoms with E-state index in [-0.39, 0.29) is 30.0 Å². The number of hydrogen-bond donors (Lipinski definition) is 1. The molecule has 2 amide bonds. The zero-order valence-corrected chi connectivity index (χ0v) is 21.9. The van der Waals surface area contributed by atoms with Crippen LogP contribution < -0.4 is 5.32 Å². The zero-order valence-electron chi connectivity index (χ0n) is 20.3. The molecule has 7 nitrogen and oxygen atoms in total. The Morgan fingerprint density at radius 1 is 0.947 bits per heavy atom. The summed E-state index contributed by atoms with van der Waals surface area (Å²) in [4.78, 5) is 40.1. The molecule has 0 spiro atoms. The highest BCUT2D eigenvalue weighted by atomic mass is 35.5. The maximum Gasteiger partial charge on any atom is 0.516 e. The molecule has 3 aromatic rings. The lowest BCUT2D eigenvalue weighted by molar-refractivity contribution is -0.149. The fourth-order valence-electron chi connectivity index (χ4n) is 4.41. The van der Waals surface area contributed by atoms with Gasteiger partial charge in [-0.1, -0.05) is 91.0 Å². The van der Waals surface area contributed by atoms with Gasteiger partial charge in [0.25, 0.3) is 5.91 Å². The minimum absolute atomic E-state index is 0.0761. The summed E-state index contributed by atoms with van der Waals surface area (Å²) in [5, 5.41) is 2.41. The van der Waals surface area contributed by atoms with Gasteiger partial charge in [-0.05, 0) is 16.7 Å². The summed E-state index contributed by atoms with van der Waals surface area (Å²) >= 11 is 7.60. The molecule has 2 atom stereocenters. The van der Waals surface area contributed by atoms with Gasteiger partial charge in [-0.15, -0.1) is 23.4 Å². The van der Waals surface area contributed by atoms with E-state index < -0.39 is 23.7 Å². The van der Waals surface area contributed by atoms with Crippen molar-refractivity contribution < 1.29 is 23.9 Å². The molecule has 1 fully saturated rings. The average Bonchev–Trinajstić information content (AvgIpc) is 2.95. The summed E-state index contributed by atoms with van der Waals surface area (Å²) in [5.74, 6) is -0.00841. The van der Waals surface area contributed by atoms with E-state index in [2.05, 4.69) is 5.32 Å². The molecule has 1 saturated heterocycles. The van der Waals surface area contributed by atoms with Crippen LogP contribution in [0.4, 0.5) is 4.79 Å². The fourth-order valence-corrected chi connectivity index (χ4v) is 6.05. The van der Waals surface area contributed by atoms with Gasteiger partial charge in [0.15, 0.2) is 6.10 Å². The van der Waals surface area contributed by atoms with Gasteiger partial charge >= 0.3 is 6.16 Å². The molecule has 2 unspecified atom stereocenters. The maximum absolute atomic E-state index is 13.1. The Kier molecular flexibility index (Phi) is 8.00. The van der Waals surface area contributed by atoms with Crippen molar-refractivity contribution in [1.82, 2.24) is 10.2 Å². The molecule has 194 valence electrons. The number of thioether (sulfide) groups is 1. The van der Waals surface area contributed by atoms with Crippen LogP contribution in [0.2, 0.25) is 0 Å². The van der Waals surface area contributed by atoms with Crippen LogP contribution in [-0.2, 0) is 25.5 Å². The van der Waals surface area contributed by atoms with E-state index >= 15 is 0 Å². The molecule has 2 aliphatic heterocycles. The van der Waals surface area contributed by atoms with Gasteiger partial charge in [0.05, 0.1) is 6.42 Å². The van der Waals surface area contributed by atoms with E-state index in [0.29, 0.717) is 11.3 Å². The zero-order chi connectivity index (χ0) is 26.5. The number of halogens is 1. The smallest absolute Gasteiger partial charge is 0.421 e. The number of carbonyl (C=O) groups excluding carboxylic acids is 3. The van der Waals surface area contributed by atoms with Crippen molar-refractivity contribution >= 4 is 41.3 Å². The Balaban J connectivity index is 1.28. The second-order valence-corrected chi connectivity index (χ2v) is 10.2. The van der Waals surface area contributed by atoms with Crippen LogP contribution in [0.3, 0.4) is 0 Å². The molecule has 38 heavy (non-hydrogen) atoms. The fraction of sp³-hybridized carbons (Fsp3) is 0.207. The molecule has 0 aromatic heterocycles. The van der Waals surface area contributed by atoms with E-state index in [9.17, 15) is 14.4 Å². The average molecular weight is 549 g/mol. The number of hydrogen-bond acceptors (Lipinski definition) is 6. The minimum atomic E-state index is -0.949. The van der Waals surface area contributed by atoms with Crippen molar-refractivity contribution in [3.8, 4) is 0 Å². The number of benzene rings is 3. The molecule has 0 aliphatic carbocycles. The number of nitrogens with one attached hydrogen (secondary N) is 1. The number of rotatable bonds is 8. The largest absolute Gasteiger partial charge is 0.516 e. The van der Waals surface area contributed by atoms with Gasteiger partial charge in [0.1, 0.15) is 11.4 Å². The van der Waals surface area contributed by atoms with Crippen molar-refractivity contribution in [2.45, 2.75) is 23.9 Å². The molecule has 2 aliphatic rings. The predicted octanol–water partition coefficient (Wildman–Crippen LogP) is 5.02. The molecule has 0 radical (unpaired) electrons. The van der Waals surface area contributed by atoms with Crippen LogP contribution >= 0.6 is 23.4 Å². The van der Waals surface area contributed by atoms with Crippen LogP contribution in [0.5, 0.6) is 0 Å². The number of nitrogens with zero attached hydrogens (tertiary/aromatic N) is 1. The van der Waals surface area contributed by atoms with E-state index in [1.165, 1.54) is 16.7 Å². The predicted molar refractivity (Wildman–Crippen MR) is 145 cm³/mol. The Labute approximate surface area is 229 Å². The number of fused-ring (bicyclic) bond motifs is 1. The van der Waals surface area contributed by atoms with Crippen LogP contribution in [0.25, 0.3) is 0 Å². The number of β-lactam (4-membered cyclic amide) rings is 1. The lowest BCUT2D eigenvalue weighted by Crippen LogP contribution is -2.70. The molecule has 9 heteroatoms. The van der Waals surface area contributed by atoms with E-state index in [1.807, 2.05) is 91.0 Å². The normalized spacial score (nSPS) is 18.5. The monoisotopic (exact) mass is 548 g/mol. The van der Waals surface area contributed by atoms with Gasteiger partial charge in [-0.2, -0.15) is 0 Å². The molecule has 1 N–H and O–H groups in total. The van der Waals surface area contributed by atoms with Gasteiger partial charge in [0, 0.05) is 17.2 Å². The molecule has 0 bridgehead atoms. The Morgan fingerprint density at radius 2 is 1.53 bits per heavy atom. The minimum Gasteiger partial charge on any atom is -0.421 e. The topological polar surface area (TPSA) is 84.9 Å². The standard InChI is InChI=1S/C29H25ClN2O5S/c30-17-22-18-38-28-24(31-23(33)16-19-10-4-1-5-11-19)26(34)32(28)27(22)37-29(35)36-25(20-12-6-2-7-13-20)21-14-8-3-9-15-21/h1-15,24-25,28H,16-18H2,(H,31,33). The second kappa shape index (κ2) is 11.8. The highest BCUT2D eigenvalue weighted by molar-refractivity contribution is 8.00. The molecular weight excluding hydrogens is 524 g/mol. The van der Waals surface area contributed by atoms with Gasteiger partial charge in [-0.3, -0.25) is 14.5 Å². The second-order valence-electron chi connectivity index (χ2n) is 8.83. The third-order valence-electron chi connectivity index (χ3n) is 6.28. The molecule has 5 rings (SSSR count). The lowest BCUT2D eigenvalue weighted by Gasteiger charge is -2.49. The first-order valence-electron chi connectivity index (χ1n) is 12.1. The third kappa shape index (κ3) is 5.56. The number of ether oxygens (including phenoxy) is 2. The first-order valence-corrected chi connectivity index (χ1v) is 13.7. The van der Waals surface area contributed by atoms with Crippen molar-refractivity contribution in [1.29, 1.82) is 0 Å². The maximum atomic E-state index is 13.1. The molecule has 3 aromatic carbocycles. The van der Waals surface area contributed by atoms with Crippen LogP contribution in [0.15, 0.2) is 102 Å². The number of carbonyl (C=O) groups is 3. The molecule has 2 heterocycles. The van der Waals surface area contributed by atoms with Crippen molar-refractivity contribution in [3.05, 3.63) is 119 Å². The highest BCUT2D eigenvalue weighted by Crippen LogP contribution is 2.41. The summed E-state index contributed by atoms with van der Waals surface area (Å²) in [7, 11) is 0. The van der Waals surface area contributed by atoms with Gasteiger partial charge in [0.2, 0.25) is 11.8 Å². The van der Waals surface area contributed by atoms with Crippen molar-refractivity contribution in [2.75, 3.05) is 11.6 Å². The summed E-state index contributed by atoms with van der Waals surface area (Å²) in [6, 6.07) is 27.3. The van der Waals surface area contributed by atoms with Crippen molar-refractivity contribution in [2.24, 2.45) is 0 Å². The first kappa shape index (κ1) is 25.9. The quantitative estimate of drug-likeness (QED) is 0.242. The SMILES string of the molecule is O=C(Cc1ccccc1)NC1C(=O)N2C(OC(=O)OC(c3ccccc3)c3ccccc3)=C(CCl)CSC12. The highest BCUT2D eigenvalue weighted by Gasteiger charge is 2.54.